The number of aryl methyl sites for hydroxylation is 2. The number of nitrogens with zero attached hydrogens (tertiary/aromatic N) is 2. The molecule has 0 unspecified atom stereocenters. The number of hydrogen-bond acceptors (Lipinski definition) is 8. The van der Waals surface area contributed by atoms with E-state index in [1.807, 2.05) is 0 Å². The van der Waals surface area contributed by atoms with Crippen molar-refractivity contribution in [2.24, 2.45) is 0 Å². The number of anilines is 1. The van der Waals surface area contributed by atoms with Crippen LogP contribution >= 0.6 is 22.9 Å². The molecule has 4 rings (SSSR count). The van der Waals surface area contributed by atoms with E-state index in [1.54, 1.807) is 62.4 Å². The number of esters is 1. The number of ketones is 1. The maximum absolute atomic E-state index is 13.3. The number of aliphatic hydroxyl groups is 1. The molecule has 1 aromatic heterocycles. The molecule has 0 spiro atoms. The quantitative estimate of drug-likeness (QED) is 0.141. The van der Waals surface area contributed by atoms with E-state index in [2.05, 4.69) is 11.6 Å². The van der Waals surface area contributed by atoms with Crippen LogP contribution in [0.5, 0.6) is 5.75 Å². The number of methoxy groups -OCH3 is 1. The molecule has 1 fully saturated rings. The second-order valence-electron chi connectivity index (χ2n) is 8.20. The molecular formula is C27H23ClN2O6S. The molecule has 1 atom stereocenters. The number of thiazole rings is 1. The average molecular weight is 539 g/mol. The van der Waals surface area contributed by atoms with Gasteiger partial charge < -0.3 is 14.6 Å². The van der Waals surface area contributed by atoms with Gasteiger partial charge in [0.15, 0.2) is 5.13 Å². The zero-order valence-corrected chi connectivity index (χ0v) is 21.9. The molecule has 37 heavy (non-hydrogen) atoms. The van der Waals surface area contributed by atoms with Crippen molar-refractivity contribution in [1.82, 2.24) is 4.98 Å². The number of hydrogen-bond donors (Lipinski definition) is 1. The Morgan fingerprint density at radius 2 is 1.92 bits per heavy atom. The highest BCUT2D eigenvalue weighted by molar-refractivity contribution is 7.17. The molecule has 8 nitrogen and oxygen atoms in total. The van der Waals surface area contributed by atoms with Crippen molar-refractivity contribution in [3.63, 3.8) is 0 Å². The van der Waals surface area contributed by atoms with Crippen LogP contribution in [-0.4, -0.2) is 41.5 Å². The molecule has 1 N–H and O–H groups in total. The molecule has 1 saturated heterocycles. The van der Waals surface area contributed by atoms with Crippen molar-refractivity contribution in [2.75, 3.05) is 18.6 Å². The summed E-state index contributed by atoms with van der Waals surface area (Å²) in [5.41, 5.74) is 1.83. The maximum Gasteiger partial charge on any atom is 0.350 e. The highest BCUT2D eigenvalue weighted by atomic mass is 35.5. The number of carbonyl (C=O) groups is 3. The van der Waals surface area contributed by atoms with E-state index in [-0.39, 0.29) is 21.3 Å². The first-order chi connectivity index (χ1) is 17.7. The third kappa shape index (κ3) is 4.87. The molecule has 0 aliphatic carbocycles. The van der Waals surface area contributed by atoms with Crippen LogP contribution in [0.2, 0.25) is 5.02 Å². The summed E-state index contributed by atoms with van der Waals surface area (Å²) in [7, 11) is 1.25. The summed E-state index contributed by atoms with van der Waals surface area (Å²) in [5, 5.41) is 11.9. The van der Waals surface area contributed by atoms with E-state index in [0.717, 1.165) is 16.9 Å². The van der Waals surface area contributed by atoms with Gasteiger partial charge in [0.1, 0.15) is 23.0 Å². The van der Waals surface area contributed by atoms with Crippen LogP contribution in [0.1, 0.15) is 38.1 Å². The van der Waals surface area contributed by atoms with E-state index in [4.69, 9.17) is 21.1 Å². The molecule has 190 valence electrons. The summed E-state index contributed by atoms with van der Waals surface area (Å²) in [4.78, 5) is 44.6. The van der Waals surface area contributed by atoms with Crippen molar-refractivity contribution in [3.8, 4) is 5.75 Å². The van der Waals surface area contributed by atoms with Gasteiger partial charge in [-0.1, -0.05) is 47.7 Å². The van der Waals surface area contributed by atoms with E-state index in [1.165, 1.54) is 12.0 Å². The van der Waals surface area contributed by atoms with Gasteiger partial charge in [-0.25, -0.2) is 9.78 Å². The lowest BCUT2D eigenvalue weighted by molar-refractivity contribution is -0.132. The topological polar surface area (TPSA) is 106 Å². The summed E-state index contributed by atoms with van der Waals surface area (Å²) in [6.45, 7) is 7.36. The average Bonchev–Trinajstić information content (AvgIpc) is 3.39. The predicted octanol–water partition coefficient (Wildman–Crippen LogP) is 5.39. The van der Waals surface area contributed by atoms with Gasteiger partial charge in [0.25, 0.3) is 5.78 Å². The Bertz CT molecular complexity index is 1440. The van der Waals surface area contributed by atoms with Crippen LogP contribution in [0.3, 0.4) is 0 Å². The van der Waals surface area contributed by atoms with Crippen molar-refractivity contribution < 1.29 is 29.0 Å². The van der Waals surface area contributed by atoms with Crippen LogP contribution in [0.4, 0.5) is 5.13 Å². The normalized spacial score (nSPS) is 16.6. The van der Waals surface area contributed by atoms with Crippen molar-refractivity contribution >= 4 is 51.5 Å². The molecule has 0 saturated carbocycles. The minimum Gasteiger partial charge on any atom is -0.507 e. The zero-order chi connectivity index (χ0) is 26.9. The van der Waals surface area contributed by atoms with Crippen LogP contribution in [0, 0.1) is 13.8 Å². The van der Waals surface area contributed by atoms with Gasteiger partial charge in [-0.2, -0.15) is 0 Å². The number of halogens is 1. The third-order valence-corrected chi connectivity index (χ3v) is 7.19. The molecule has 1 aliphatic rings. The van der Waals surface area contributed by atoms with Crippen LogP contribution in [-0.2, 0) is 14.3 Å². The van der Waals surface area contributed by atoms with E-state index in [0.29, 0.717) is 34.2 Å². The number of benzene rings is 2. The van der Waals surface area contributed by atoms with Crippen molar-refractivity contribution in [1.29, 1.82) is 0 Å². The molecule has 10 heteroatoms. The lowest BCUT2D eigenvalue weighted by Gasteiger charge is -2.23. The Morgan fingerprint density at radius 1 is 1.22 bits per heavy atom. The first-order valence-corrected chi connectivity index (χ1v) is 12.3. The Hall–Kier alpha value is -3.95. The molecular weight excluding hydrogens is 516 g/mol. The number of Topliss-reactive ketones (excluding diaryl/α,β-unsaturated/α-hetero) is 1. The van der Waals surface area contributed by atoms with Crippen LogP contribution < -0.4 is 9.64 Å². The third-order valence-electron chi connectivity index (χ3n) is 5.80. The highest BCUT2D eigenvalue weighted by Gasteiger charge is 2.48. The maximum atomic E-state index is 13.3. The molecule has 2 heterocycles. The number of aromatic nitrogens is 1. The number of rotatable bonds is 7. The predicted molar refractivity (Wildman–Crippen MR) is 141 cm³/mol. The summed E-state index contributed by atoms with van der Waals surface area (Å²) in [6.07, 6.45) is 1.62. The Kier molecular flexibility index (Phi) is 7.47. The molecule has 1 amide bonds. The van der Waals surface area contributed by atoms with Crippen molar-refractivity contribution in [3.05, 3.63) is 93.0 Å². The van der Waals surface area contributed by atoms with Gasteiger partial charge in [-0.15, -0.1) is 0 Å². The smallest absolute Gasteiger partial charge is 0.350 e. The first-order valence-electron chi connectivity index (χ1n) is 11.1. The highest BCUT2D eigenvalue weighted by Crippen LogP contribution is 2.44. The SMILES string of the molecule is C=CCOc1ccc(C(O)=C2C(=O)C(=O)N(c3nc(C)c(C(=O)OC)s3)[C@H]2c2ccc(Cl)cc2)cc1C. The zero-order valence-electron chi connectivity index (χ0n) is 20.3. The lowest BCUT2D eigenvalue weighted by atomic mass is 9.95. The van der Waals surface area contributed by atoms with E-state index < -0.39 is 23.7 Å². The number of amides is 1. The molecule has 1 aliphatic heterocycles. The second kappa shape index (κ2) is 10.6. The molecule has 0 radical (unpaired) electrons. The number of aliphatic hydroxyl groups excluding tert-OH is 1. The summed E-state index contributed by atoms with van der Waals surface area (Å²) in [6, 6.07) is 10.5. The Morgan fingerprint density at radius 3 is 2.54 bits per heavy atom. The summed E-state index contributed by atoms with van der Waals surface area (Å²) in [5.74, 6) is -2.11. The fourth-order valence-corrected chi connectivity index (χ4v) is 5.16. The molecule has 2 aromatic carbocycles. The largest absolute Gasteiger partial charge is 0.507 e. The van der Waals surface area contributed by atoms with E-state index >= 15 is 0 Å². The minimum absolute atomic E-state index is 0.112. The van der Waals surface area contributed by atoms with Gasteiger partial charge in [0, 0.05) is 10.6 Å². The fourth-order valence-electron chi connectivity index (χ4n) is 4.02. The van der Waals surface area contributed by atoms with Crippen molar-refractivity contribution in [2.45, 2.75) is 19.9 Å². The monoisotopic (exact) mass is 538 g/mol. The van der Waals surface area contributed by atoms with Gasteiger partial charge in [-0.3, -0.25) is 14.5 Å². The van der Waals surface area contributed by atoms with Gasteiger partial charge in [-0.05, 0) is 55.3 Å². The van der Waals surface area contributed by atoms with Crippen LogP contribution in [0.25, 0.3) is 5.76 Å². The lowest BCUT2D eigenvalue weighted by Crippen LogP contribution is -2.29. The van der Waals surface area contributed by atoms with E-state index in [9.17, 15) is 19.5 Å². The van der Waals surface area contributed by atoms with Gasteiger partial charge in [0.05, 0.1) is 24.4 Å². The fraction of sp³-hybridized carbons (Fsp3) is 0.185. The van der Waals surface area contributed by atoms with Crippen LogP contribution in [0.15, 0.2) is 60.7 Å². The Labute approximate surface area is 222 Å². The van der Waals surface area contributed by atoms with Gasteiger partial charge >= 0.3 is 11.9 Å². The molecule has 3 aromatic rings. The number of carbonyl (C=O) groups excluding carboxylic acids is 3. The summed E-state index contributed by atoms with van der Waals surface area (Å²) < 4.78 is 10.4. The summed E-state index contributed by atoms with van der Waals surface area (Å²) >= 11 is 7.01. The second-order valence-corrected chi connectivity index (χ2v) is 9.62. The molecule has 0 bridgehead atoms. The Balaban J connectivity index is 1.89. The standard InChI is InChI=1S/C27H23ClN2O6S/c1-5-12-36-19-11-8-17(13-14(19)2)22(31)20-21(16-6-9-18(28)10-7-16)30(25(33)23(20)32)27-29-15(3)24(37-27)26(34)35-4/h5-11,13,21,31H,1,12H2,2-4H3/t21-/m0/s1. The number of ether oxygens (including phenoxy) is 2. The first kappa shape index (κ1) is 26.1. The van der Waals surface area contributed by atoms with Gasteiger partial charge in [0.2, 0.25) is 0 Å². The minimum atomic E-state index is -1.01.